The van der Waals surface area contributed by atoms with E-state index in [-0.39, 0.29) is 0 Å². The molecule has 0 aliphatic carbocycles. The lowest BCUT2D eigenvalue weighted by atomic mass is 9.93. The molecule has 0 N–H and O–H groups in total. The van der Waals surface area contributed by atoms with Gasteiger partial charge in [0.2, 0.25) is 0 Å². The van der Waals surface area contributed by atoms with Crippen LogP contribution in [-0.2, 0) is 4.74 Å². The van der Waals surface area contributed by atoms with E-state index in [1.54, 1.807) is 7.11 Å². The molecule has 0 saturated heterocycles. The minimum absolute atomic E-state index is 0.365. The number of ether oxygens (including phenoxy) is 1. The second kappa shape index (κ2) is 7.14. The number of methoxy groups -OCH3 is 1. The maximum atomic E-state index is 5.46. The van der Waals surface area contributed by atoms with Crippen LogP contribution >= 0.6 is 0 Å². The van der Waals surface area contributed by atoms with Gasteiger partial charge in [-0.2, -0.15) is 0 Å². The van der Waals surface area contributed by atoms with Crippen LogP contribution in [0.5, 0.6) is 0 Å². The first-order valence-corrected chi connectivity index (χ1v) is 5.31. The molecule has 0 spiro atoms. The van der Waals surface area contributed by atoms with E-state index in [1.807, 2.05) is 0 Å². The van der Waals surface area contributed by atoms with Gasteiger partial charge in [0.25, 0.3) is 0 Å². The highest BCUT2D eigenvalue weighted by Crippen LogP contribution is 2.20. The summed E-state index contributed by atoms with van der Waals surface area (Å²) in [7, 11) is 1.80. The zero-order valence-electron chi connectivity index (χ0n) is 9.60. The summed E-state index contributed by atoms with van der Waals surface area (Å²) in [5, 5.41) is 0. The van der Waals surface area contributed by atoms with Crippen molar-refractivity contribution in [3.63, 3.8) is 0 Å². The largest absolute Gasteiger partial charge is 0.381 e. The second-order valence-corrected chi connectivity index (χ2v) is 3.90. The Balaban J connectivity index is 3.80. The zero-order valence-corrected chi connectivity index (χ0v) is 9.60. The minimum atomic E-state index is 0.365. The van der Waals surface area contributed by atoms with E-state index in [4.69, 9.17) is 4.74 Å². The minimum Gasteiger partial charge on any atom is -0.381 e. The normalized spacial score (nSPS) is 15.4. The lowest BCUT2D eigenvalue weighted by Gasteiger charge is -2.22. The van der Waals surface area contributed by atoms with E-state index in [9.17, 15) is 0 Å². The summed E-state index contributed by atoms with van der Waals surface area (Å²) in [6.45, 7) is 10.5. The van der Waals surface area contributed by atoms with Crippen molar-refractivity contribution in [3.8, 4) is 0 Å². The fourth-order valence-corrected chi connectivity index (χ4v) is 1.48. The van der Waals surface area contributed by atoms with Crippen molar-refractivity contribution in [2.45, 2.75) is 52.6 Å². The van der Waals surface area contributed by atoms with Gasteiger partial charge in [0.05, 0.1) is 6.10 Å². The molecule has 2 atom stereocenters. The van der Waals surface area contributed by atoms with Gasteiger partial charge < -0.3 is 4.74 Å². The van der Waals surface area contributed by atoms with Gasteiger partial charge in [0, 0.05) is 13.0 Å². The van der Waals surface area contributed by atoms with Gasteiger partial charge in [-0.1, -0.05) is 45.3 Å². The Morgan fingerprint density at radius 1 is 1.38 bits per heavy atom. The van der Waals surface area contributed by atoms with Crippen LogP contribution in [0.4, 0.5) is 0 Å². The molecule has 0 fully saturated rings. The maximum absolute atomic E-state index is 5.46. The number of unbranched alkanes of at least 4 members (excludes halogenated alkanes) is 2. The SMILES string of the molecule is C=C(C)[C@H](C)[C@H](CCCCC)OC. The number of rotatable bonds is 7. The molecule has 0 aromatic carbocycles. The highest BCUT2D eigenvalue weighted by Gasteiger charge is 2.16. The Bertz CT molecular complexity index is 140. The molecule has 0 bridgehead atoms. The summed E-state index contributed by atoms with van der Waals surface area (Å²) >= 11 is 0. The van der Waals surface area contributed by atoms with E-state index < -0.39 is 0 Å². The topological polar surface area (TPSA) is 9.23 Å². The van der Waals surface area contributed by atoms with Gasteiger partial charge in [-0.25, -0.2) is 0 Å². The van der Waals surface area contributed by atoms with E-state index in [1.165, 1.54) is 31.3 Å². The smallest absolute Gasteiger partial charge is 0.0633 e. The highest BCUT2D eigenvalue weighted by molar-refractivity contribution is 4.97. The summed E-state index contributed by atoms with van der Waals surface area (Å²) in [6.07, 6.45) is 5.38. The summed E-state index contributed by atoms with van der Waals surface area (Å²) in [5.41, 5.74) is 1.23. The van der Waals surface area contributed by atoms with Crippen LogP contribution in [-0.4, -0.2) is 13.2 Å². The van der Waals surface area contributed by atoms with Crippen LogP contribution in [0.25, 0.3) is 0 Å². The third-order valence-electron chi connectivity index (χ3n) is 2.73. The molecule has 0 saturated carbocycles. The Morgan fingerprint density at radius 3 is 2.38 bits per heavy atom. The van der Waals surface area contributed by atoms with Gasteiger partial charge >= 0.3 is 0 Å². The Morgan fingerprint density at radius 2 is 2.00 bits per heavy atom. The third kappa shape index (κ3) is 5.09. The predicted octanol–water partition coefficient (Wildman–Crippen LogP) is 3.79. The first kappa shape index (κ1) is 12.7. The van der Waals surface area contributed by atoms with Crippen molar-refractivity contribution >= 4 is 0 Å². The second-order valence-electron chi connectivity index (χ2n) is 3.90. The molecule has 0 rings (SSSR count). The van der Waals surface area contributed by atoms with E-state index in [0.717, 1.165) is 0 Å². The van der Waals surface area contributed by atoms with Crippen LogP contribution in [0.3, 0.4) is 0 Å². The molecular weight excluding hydrogens is 160 g/mol. The fourth-order valence-electron chi connectivity index (χ4n) is 1.48. The molecule has 0 aromatic heterocycles. The van der Waals surface area contributed by atoms with Crippen molar-refractivity contribution in [2.24, 2.45) is 5.92 Å². The Kier molecular flexibility index (Phi) is 6.97. The van der Waals surface area contributed by atoms with Crippen LogP contribution in [0.1, 0.15) is 46.5 Å². The van der Waals surface area contributed by atoms with E-state index >= 15 is 0 Å². The monoisotopic (exact) mass is 184 g/mol. The zero-order chi connectivity index (χ0) is 10.3. The standard InChI is InChI=1S/C12H24O/c1-6-7-8-9-12(13-5)11(4)10(2)3/h11-12H,2,6-9H2,1,3-5H3/t11-,12-/m0/s1. The van der Waals surface area contributed by atoms with Gasteiger partial charge in [-0.3, -0.25) is 0 Å². The molecule has 0 amide bonds. The van der Waals surface area contributed by atoms with Crippen LogP contribution in [0, 0.1) is 5.92 Å². The highest BCUT2D eigenvalue weighted by atomic mass is 16.5. The molecule has 13 heavy (non-hydrogen) atoms. The third-order valence-corrected chi connectivity index (χ3v) is 2.73. The van der Waals surface area contributed by atoms with Gasteiger partial charge in [-0.05, 0) is 13.3 Å². The molecule has 1 nitrogen and oxygen atoms in total. The molecule has 0 radical (unpaired) electrons. The lowest BCUT2D eigenvalue weighted by molar-refractivity contribution is 0.0617. The fraction of sp³-hybridized carbons (Fsp3) is 0.833. The average Bonchev–Trinajstić information content (AvgIpc) is 2.11. The van der Waals surface area contributed by atoms with Gasteiger partial charge in [-0.15, -0.1) is 0 Å². The molecule has 0 heterocycles. The van der Waals surface area contributed by atoms with Crippen LogP contribution < -0.4 is 0 Å². The summed E-state index contributed by atoms with van der Waals surface area (Å²) in [6, 6.07) is 0. The summed E-state index contributed by atoms with van der Waals surface area (Å²) in [5.74, 6) is 0.488. The van der Waals surface area contributed by atoms with Crippen molar-refractivity contribution in [2.75, 3.05) is 7.11 Å². The van der Waals surface area contributed by atoms with Crippen molar-refractivity contribution in [3.05, 3.63) is 12.2 Å². The van der Waals surface area contributed by atoms with Crippen molar-refractivity contribution in [1.82, 2.24) is 0 Å². The molecule has 0 aromatic rings. The van der Waals surface area contributed by atoms with E-state index in [0.29, 0.717) is 12.0 Å². The number of hydrogen-bond acceptors (Lipinski definition) is 1. The molecule has 0 aliphatic heterocycles. The molecule has 78 valence electrons. The first-order valence-electron chi connectivity index (χ1n) is 5.31. The van der Waals surface area contributed by atoms with E-state index in [2.05, 4.69) is 27.4 Å². The quantitative estimate of drug-likeness (QED) is 0.432. The summed E-state index contributed by atoms with van der Waals surface area (Å²) < 4.78 is 5.46. The van der Waals surface area contributed by atoms with Gasteiger partial charge in [0.1, 0.15) is 0 Å². The first-order chi connectivity index (χ1) is 6.13. The molecule has 0 aliphatic rings. The lowest BCUT2D eigenvalue weighted by Crippen LogP contribution is -2.20. The Hall–Kier alpha value is -0.300. The average molecular weight is 184 g/mol. The van der Waals surface area contributed by atoms with Crippen LogP contribution in [0.15, 0.2) is 12.2 Å². The predicted molar refractivity (Wildman–Crippen MR) is 58.9 cm³/mol. The molecule has 1 heteroatoms. The molecular formula is C12H24O. The summed E-state index contributed by atoms with van der Waals surface area (Å²) in [4.78, 5) is 0. The maximum Gasteiger partial charge on any atom is 0.0633 e. The van der Waals surface area contributed by atoms with Crippen LogP contribution in [0.2, 0.25) is 0 Å². The molecule has 0 unspecified atom stereocenters. The van der Waals surface area contributed by atoms with Gasteiger partial charge in [0.15, 0.2) is 0 Å². The van der Waals surface area contributed by atoms with Crippen molar-refractivity contribution < 1.29 is 4.74 Å². The number of hydrogen-bond donors (Lipinski definition) is 0. The Labute approximate surface area is 83.2 Å². The van der Waals surface area contributed by atoms with Crippen molar-refractivity contribution in [1.29, 1.82) is 0 Å².